The number of carboxylic acids is 1. The second-order valence-electron chi connectivity index (χ2n) is 4.34. The van der Waals surface area contributed by atoms with E-state index in [0.717, 1.165) is 25.9 Å². The van der Waals surface area contributed by atoms with E-state index in [0.29, 0.717) is 0 Å². The highest BCUT2D eigenvalue weighted by molar-refractivity contribution is 5.82. The van der Waals surface area contributed by atoms with Crippen molar-refractivity contribution in [1.29, 1.82) is 0 Å². The Kier molecular flexibility index (Phi) is 5.46. The summed E-state index contributed by atoms with van der Waals surface area (Å²) in [7, 11) is 1.68. The van der Waals surface area contributed by atoms with Crippen molar-refractivity contribution in [2.24, 2.45) is 0 Å². The number of carbonyl (C=O) groups is 2. The monoisotopic (exact) mass is 253 g/mol. The number of urea groups is 1. The van der Waals surface area contributed by atoms with Gasteiger partial charge >= 0.3 is 12.0 Å². The van der Waals surface area contributed by atoms with Crippen LogP contribution < -0.4 is 10.6 Å². The molecular formula is C12H19N3O3. The molecule has 1 aliphatic heterocycles. The number of carbonyl (C=O) groups excluding carboxylic acids is 1. The number of carboxylic acid groups (broad SMARTS) is 1. The van der Waals surface area contributed by atoms with Crippen molar-refractivity contribution in [2.75, 3.05) is 20.1 Å². The van der Waals surface area contributed by atoms with Crippen LogP contribution in [0.5, 0.6) is 0 Å². The molecule has 0 aliphatic carbocycles. The first kappa shape index (κ1) is 14.3. The van der Waals surface area contributed by atoms with E-state index in [1.165, 1.54) is 0 Å². The summed E-state index contributed by atoms with van der Waals surface area (Å²) in [5.41, 5.74) is 0. The molecule has 1 saturated heterocycles. The molecule has 1 heterocycles. The zero-order valence-electron chi connectivity index (χ0n) is 10.5. The Morgan fingerprint density at radius 3 is 2.67 bits per heavy atom. The van der Waals surface area contributed by atoms with Crippen LogP contribution in [0.2, 0.25) is 0 Å². The standard InChI is InChI=1S/C12H19N3O3/c1-3-4-10(11(16)17)14-12(18)15(2)9-5-7-13-8-6-9/h1,9-10,13H,4-8H2,2H3,(H,14,18)(H,16,17). The second kappa shape index (κ2) is 6.87. The maximum absolute atomic E-state index is 11.9. The molecule has 100 valence electrons. The number of hydrogen-bond acceptors (Lipinski definition) is 3. The van der Waals surface area contributed by atoms with Crippen LogP contribution in [0.4, 0.5) is 4.79 Å². The highest BCUT2D eigenvalue weighted by atomic mass is 16.4. The van der Waals surface area contributed by atoms with Gasteiger partial charge in [0.1, 0.15) is 6.04 Å². The number of aliphatic carboxylic acids is 1. The number of nitrogens with zero attached hydrogens (tertiary/aromatic N) is 1. The summed E-state index contributed by atoms with van der Waals surface area (Å²) < 4.78 is 0. The van der Waals surface area contributed by atoms with Gasteiger partial charge in [-0.15, -0.1) is 12.3 Å². The van der Waals surface area contributed by atoms with E-state index in [1.54, 1.807) is 11.9 Å². The third-order valence-corrected chi connectivity index (χ3v) is 3.09. The lowest BCUT2D eigenvalue weighted by Gasteiger charge is -2.32. The maximum Gasteiger partial charge on any atom is 0.327 e. The normalized spacial score (nSPS) is 17.6. The first-order chi connectivity index (χ1) is 8.56. The topological polar surface area (TPSA) is 81.7 Å². The Morgan fingerprint density at radius 2 is 2.17 bits per heavy atom. The third-order valence-electron chi connectivity index (χ3n) is 3.09. The molecule has 0 aromatic heterocycles. The van der Waals surface area contributed by atoms with Crippen molar-refractivity contribution in [1.82, 2.24) is 15.5 Å². The van der Waals surface area contributed by atoms with E-state index < -0.39 is 12.0 Å². The van der Waals surface area contributed by atoms with Crippen molar-refractivity contribution in [3.05, 3.63) is 0 Å². The van der Waals surface area contributed by atoms with Crippen LogP contribution in [0.3, 0.4) is 0 Å². The molecule has 0 aromatic rings. The molecule has 0 bridgehead atoms. The number of nitrogens with one attached hydrogen (secondary N) is 2. The highest BCUT2D eigenvalue weighted by Crippen LogP contribution is 2.10. The van der Waals surface area contributed by atoms with Gasteiger partial charge in [0.05, 0.1) is 0 Å². The van der Waals surface area contributed by atoms with Crippen molar-refractivity contribution in [3.63, 3.8) is 0 Å². The lowest BCUT2D eigenvalue weighted by molar-refractivity contribution is -0.139. The van der Waals surface area contributed by atoms with Crippen LogP contribution in [-0.2, 0) is 4.79 Å². The van der Waals surface area contributed by atoms with Gasteiger partial charge in [0.15, 0.2) is 0 Å². The lowest BCUT2D eigenvalue weighted by Crippen LogP contribution is -2.51. The predicted octanol–water partition coefficient (Wildman–Crippen LogP) is -0.144. The quantitative estimate of drug-likeness (QED) is 0.609. The fourth-order valence-electron chi connectivity index (χ4n) is 1.93. The number of terminal acetylenes is 1. The molecule has 1 unspecified atom stereocenters. The molecule has 1 aliphatic rings. The summed E-state index contributed by atoms with van der Waals surface area (Å²) in [6.45, 7) is 1.74. The summed E-state index contributed by atoms with van der Waals surface area (Å²) in [4.78, 5) is 24.3. The van der Waals surface area contributed by atoms with Gasteiger partial charge in [-0.2, -0.15) is 0 Å². The van der Waals surface area contributed by atoms with Crippen molar-refractivity contribution < 1.29 is 14.7 Å². The Balaban J connectivity index is 2.52. The van der Waals surface area contributed by atoms with E-state index in [9.17, 15) is 9.59 Å². The van der Waals surface area contributed by atoms with Crippen molar-refractivity contribution >= 4 is 12.0 Å². The molecule has 1 fully saturated rings. The Hall–Kier alpha value is -1.74. The van der Waals surface area contributed by atoms with Gasteiger partial charge in [-0.3, -0.25) is 0 Å². The average molecular weight is 253 g/mol. The summed E-state index contributed by atoms with van der Waals surface area (Å²) in [5.74, 6) is 1.14. The molecule has 2 amide bonds. The van der Waals surface area contributed by atoms with Crippen LogP contribution in [0.1, 0.15) is 19.3 Å². The van der Waals surface area contributed by atoms with Crippen LogP contribution in [-0.4, -0.2) is 54.2 Å². The van der Waals surface area contributed by atoms with E-state index >= 15 is 0 Å². The third kappa shape index (κ3) is 3.93. The van der Waals surface area contributed by atoms with Gasteiger partial charge in [0.25, 0.3) is 0 Å². The van der Waals surface area contributed by atoms with Crippen LogP contribution in [0.15, 0.2) is 0 Å². The number of piperidine rings is 1. The van der Waals surface area contributed by atoms with Gasteiger partial charge in [-0.1, -0.05) is 0 Å². The average Bonchev–Trinajstić information content (AvgIpc) is 2.38. The van der Waals surface area contributed by atoms with Gasteiger partial charge < -0.3 is 20.6 Å². The van der Waals surface area contributed by atoms with Crippen molar-refractivity contribution in [3.8, 4) is 12.3 Å². The summed E-state index contributed by atoms with van der Waals surface area (Å²) in [6, 6.07) is -1.26. The molecule has 1 rings (SSSR count). The fourth-order valence-corrected chi connectivity index (χ4v) is 1.93. The maximum atomic E-state index is 11.9. The fraction of sp³-hybridized carbons (Fsp3) is 0.667. The molecule has 0 aromatic carbocycles. The molecule has 6 nitrogen and oxygen atoms in total. The number of hydrogen-bond donors (Lipinski definition) is 3. The molecule has 3 N–H and O–H groups in total. The molecule has 18 heavy (non-hydrogen) atoms. The smallest absolute Gasteiger partial charge is 0.327 e. The molecule has 1 atom stereocenters. The predicted molar refractivity (Wildman–Crippen MR) is 67.1 cm³/mol. The number of rotatable bonds is 4. The lowest BCUT2D eigenvalue weighted by atomic mass is 10.1. The minimum absolute atomic E-state index is 0.0128. The van der Waals surface area contributed by atoms with Crippen LogP contribution >= 0.6 is 0 Å². The second-order valence-corrected chi connectivity index (χ2v) is 4.34. The minimum Gasteiger partial charge on any atom is -0.480 e. The first-order valence-corrected chi connectivity index (χ1v) is 5.96. The summed E-state index contributed by atoms with van der Waals surface area (Å²) in [5, 5.41) is 14.6. The van der Waals surface area contributed by atoms with Crippen LogP contribution in [0.25, 0.3) is 0 Å². The molecule has 0 spiro atoms. The van der Waals surface area contributed by atoms with Crippen molar-refractivity contribution in [2.45, 2.75) is 31.3 Å². The summed E-state index contributed by atoms with van der Waals surface area (Å²) in [6.07, 6.45) is 6.81. The van der Waals surface area contributed by atoms with E-state index in [2.05, 4.69) is 16.6 Å². The SMILES string of the molecule is C#CCC(NC(=O)N(C)C1CCNCC1)C(=O)O. The van der Waals surface area contributed by atoms with Gasteiger partial charge in [-0.25, -0.2) is 9.59 Å². The van der Waals surface area contributed by atoms with E-state index in [1.807, 2.05) is 0 Å². The van der Waals surface area contributed by atoms with E-state index in [4.69, 9.17) is 11.5 Å². The Morgan fingerprint density at radius 1 is 1.56 bits per heavy atom. The molecular weight excluding hydrogens is 234 g/mol. The first-order valence-electron chi connectivity index (χ1n) is 5.96. The zero-order chi connectivity index (χ0) is 13.5. The Bertz CT molecular complexity index is 345. The van der Waals surface area contributed by atoms with Crippen LogP contribution in [0, 0.1) is 12.3 Å². The number of amides is 2. The highest BCUT2D eigenvalue weighted by Gasteiger charge is 2.25. The molecule has 6 heteroatoms. The molecule has 0 saturated carbocycles. The minimum atomic E-state index is -1.11. The Labute approximate surface area is 107 Å². The molecule has 0 radical (unpaired) electrons. The van der Waals surface area contributed by atoms with Gasteiger partial charge in [-0.05, 0) is 25.9 Å². The zero-order valence-corrected chi connectivity index (χ0v) is 10.5. The van der Waals surface area contributed by atoms with Gasteiger partial charge in [0.2, 0.25) is 0 Å². The summed E-state index contributed by atoms with van der Waals surface area (Å²) >= 11 is 0. The van der Waals surface area contributed by atoms with Gasteiger partial charge in [0, 0.05) is 19.5 Å². The largest absolute Gasteiger partial charge is 0.480 e. The van der Waals surface area contributed by atoms with E-state index in [-0.39, 0.29) is 18.5 Å².